The van der Waals surface area contributed by atoms with E-state index in [1.54, 1.807) is 0 Å². The summed E-state index contributed by atoms with van der Waals surface area (Å²) in [6.45, 7) is 4.00. The molecule has 1 aliphatic carbocycles. The number of benzene rings is 1. The lowest BCUT2D eigenvalue weighted by atomic mass is 9.92. The van der Waals surface area contributed by atoms with E-state index in [4.69, 9.17) is 0 Å². The van der Waals surface area contributed by atoms with E-state index in [2.05, 4.69) is 16.9 Å². The molecule has 0 spiro atoms. The summed E-state index contributed by atoms with van der Waals surface area (Å²) < 4.78 is 0. The molecule has 1 heterocycles. The Kier molecular flexibility index (Phi) is 3.11. The number of rotatable bonds is 2. The van der Waals surface area contributed by atoms with E-state index in [0.29, 0.717) is 6.04 Å². The molecule has 0 bridgehead atoms. The number of hydrogen-bond acceptors (Lipinski definition) is 1. The first-order valence-corrected chi connectivity index (χ1v) is 6.77. The summed E-state index contributed by atoms with van der Waals surface area (Å²) >= 11 is 0. The SMILES string of the molecule is C=C1CCC(NC(=O)c2ccc3[nH]ccc3c2)CC1. The summed E-state index contributed by atoms with van der Waals surface area (Å²) in [6.07, 6.45) is 5.97. The van der Waals surface area contributed by atoms with Crippen LogP contribution in [0, 0.1) is 0 Å². The molecule has 0 aliphatic heterocycles. The largest absolute Gasteiger partial charge is 0.361 e. The fourth-order valence-corrected chi connectivity index (χ4v) is 2.63. The van der Waals surface area contributed by atoms with Crippen LogP contribution in [0.25, 0.3) is 10.9 Å². The fourth-order valence-electron chi connectivity index (χ4n) is 2.63. The predicted molar refractivity (Wildman–Crippen MR) is 77.2 cm³/mol. The molecule has 98 valence electrons. The number of nitrogens with one attached hydrogen (secondary N) is 2. The molecule has 1 aromatic carbocycles. The summed E-state index contributed by atoms with van der Waals surface area (Å²) in [5.74, 6) is 0.0283. The average molecular weight is 254 g/mol. The van der Waals surface area contributed by atoms with E-state index in [9.17, 15) is 4.79 Å². The quantitative estimate of drug-likeness (QED) is 0.793. The van der Waals surface area contributed by atoms with Crippen molar-refractivity contribution in [1.82, 2.24) is 10.3 Å². The van der Waals surface area contributed by atoms with Crippen LogP contribution < -0.4 is 5.32 Å². The molecule has 0 radical (unpaired) electrons. The zero-order valence-electron chi connectivity index (χ0n) is 10.9. The van der Waals surface area contributed by atoms with Gasteiger partial charge in [0.05, 0.1) is 0 Å². The number of carbonyl (C=O) groups excluding carboxylic acids is 1. The van der Waals surface area contributed by atoms with Gasteiger partial charge in [0.25, 0.3) is 5.91 Å². The minimum atomic E-state index is 0.0283. The highest BCUT2D eigenvalue weighted by Gasteiger charge is 2.18. The van der Waals surface area contributed by atoms with E-state index in [1.807, 2.05) is 30.5 Å². The molecule has 1 saturated carbocycles. The van der Waals surface area contributed by atoms with Gasteiger partial charge in [0.1, 0.15) is 0 Å². The number of allylic oxidation sites excluding steroid dienone is 1. The van der Waals surface area contributed by atoms with E-state index in [1.165, 1.54) is 5.57 Å². The highest BCUT2D eigenvalue weighted by molar-refractivity contribution is 5.98. The summed E-state index contributed by atoms with van der Waals surface area (Å²) in [5.41, 5.74) is 3.10. The van der Waals surface area contributed by atoms with Crippen LogP contribution in [0.5, 0.6) is 0 Å². The third-order valence-corrected chi connectivity index (χ3v) is 3.84. The topological polar surface area (TPSA) is 44.9 Å². The zero-order chi connectivity index (χ0) is 13.2. The fraction of sp³-hybridized carbons (Fsp3) is 0.312. The normalized spacial score (nSPS) is 16.7. The van der Waals surface area contributed by atoms with Gasteiger partial charge in [0.15, 0.2) is 0 Å². The first-order chi connectivity index (χ1) is 9.22. The average Bonchev–Trinajstić information content (AvgIpc) is 2.88. The molecular weight excluding hydrogens is 236 g/mol. The number of H-pyrrole nitrogens is 1. The van der Waals surface area contributed by atoms with Gasteiger partial charge in [-0.2, -0.15) is 0 Å². The molecule has 19 heavy (non-hydrogen) atoms. The Morgan fingerprint density at radius 1 is 1.26 bits per heavy atom. The molecule has 0 atom stereocenters. The van der Waals surface area contributed by atoms with Crippen molar-refractivity contribution in [3.8, 4) is 0 Å². The van der Waals surface area contributed by atoms with Crippen molar-refractivity contribution < 1.29 is 4.79 Å². The van der Waals surface area contributed by atoms with Crippen LogP contribution in [0.1, 0.15) is 36.0 Å². The van der Waals surface area contributed by atoms with E-state index in [0.717, 1.165) is 42.1 Å². The standard InChI is InChI=1S/C16H18N2O/c1-11-2-5-14(6-3-11)18-16(19)13-4-7-15-12(10-13)8-9-17-15/h4,7-10,14,17H,1-3,5-6H2,(H,18,19). The van der Waals surface area contributed by atoms with Crippen LogP contribution in [0.15, 0.2) is 42.6 Å². The second-order valence-corrected chi connectivity index (χ2v) is 5.28. The van der Waals surface area contributed by atoms with Gasteiger partial charge in [-0.1, -0.05) is 12.2 Å². The van der Waals surface area contributed by atoms with Crippen LogP contribution in [-0.2, 0) is 0 Å². The Morgan fingerprint density at radius 2 is 2.05 bits per heavy atom. The van der Waals surface area contributed by atoms with Crippen molar-refractivity contribution in [2.45, 2.75) is 31.7 Å². The smallest absolute Gasteiger partial charge is 0.251 e. The molecule has 1 fully saturated rings. The van der Waals surface area contributed by atoms with Crippen molar-refractivity contribution in [3.63, 3.8) is 0 Å². The molecule has 1 aromatic heterocycles. The van der Waals surface area contributed by atoms with E-state index in [-0.39, 0.29) is 5.91 Å². The van der Waals surface area contributed by atoms with Gasteiger partial charge in [-0.05, 0) is 49.9 Å². The van der Waals surface area contributed by atoms with Gasteiger partial charge in [0, 0.05) is 28.7 Å². The van der Waals surface area contributed by atoms with Crippen LogP contribution in [0.2, 0.25) is 0 Å². The van der Waals surface area contributed by atoms with Gasteiger partial charge in [0.2, 0.25) is 0 Å². The highest BCUT2D eigenvalue weighted by atomic mass is 16.1. The lowest BCUT2D eigenvalue weighted by Crippen LogP contribution is -2.36. The van der Waals surface area contributed by atoms with Crippen molar-refractivity contribution in [3.05, 3.63) is 48.2 Å². The Hall–Kier alpha value is -2.03. The summed E-state index contributed by atoms with van der Waals surface area (Å²) in [4.78, 5) is 15.3. The highest BCUT2D eigenvalue weighted by Crippen LogP contribution is 2.22. The van der Waals surface area contributed by atoms with Crippen molar-refractivity contribution in [1.29, 1.82) is 0 Å². The number of amides is 1. The second kappa shape index (κ2) is 4.92. The molecule has 3 rings (SSSR count). The van der Waals surface area contributed by atoms with Crippen LogP contribution in [0.3, 0.4) is 0 Å². The lowest BCUT2D eigenvalue weighted by Gasteiger charge is -2.24. The van der Waals surface area contributed by atoms with Gasteiger partial charge in [-0.25, -0.2) is 0 Å². The molecule has 3 heteroatoms. The monoisotopic (exact) mass is 254 g/mol. The van der Waals surface area contributed by atoms with E-state index < -0.39 is 0 Å². The van der Waals surface area contributed by atoms with Crippen molar-refractivity contribution >= 4 is 16.8 Å². The van der Waals surface area contributed by atoms with Gasteiger partial charge in [-0.15, -0.1) is 0 Å². The Labute approximate surface area is 112 Å². The molecule has 0 saturated heterocycles. The maximum absolute atomic E-state index is 12.2. The van der Waals surface area contributed by atoms with Gasteiger partial charge in [-0.3, -0.25) is 4.79 Å². The van der Waals surface area contributed by atoms with Gasteiger partial charge < -0.3 is 10.3 Å². The Balaban J connectivity index is 1.71. The van der Waals surface area contributed by atoms with Crippen LogP contribution >= 0.6 is 0 Å². The third-order valence-electron chi connectivity index (χ3n) is 3.84. The molecule has 2 N–H and O–H groups in total. The molecule has 1 aliphatic rings. The first kappa shape index (κ1) is 12.0. The predicted octanol–water partition coefficient (Wildman–Crippen LogP) is 3.40. The Bertz CT molecular complexity index is 616. The molecule has 2 aromatic rings. The molecule has 3 nitrogen and oxygen atoms in total. The number of hydrogen-bond donors (Lipinski definition) is 2. The summed E-state index contributed by atoms with van der Waals surface area (Å²) in [6, 6.07) is 8.03. The number of aromatic amines is 1. The van der Waals surface area contributed by atoms with E-state index >= 15 is 0 Å². The third kappa shape index (κ3) is 2.55. The summed E-state index contributed by atoms with van der Waals surface area (Å²) in [5, 5.41) is 4.20. The maximum Gasteiger partial charge on any atom is 0.251 e. The molecule has 0 unspecified atom stereocenters. The maximum atomic E-state index is 12.2. The second-order valence-electron chi connectivity index (χ2n) is 5.28. The van der Waals surface area contributed by atoms with Crippen molar-refractivity contribution in [2.24, 2.45) is 0 Å². The summed E-state index contributed by atoms with van der Waals surface area (Å²) in [7, 11) is 0. The van der Waals surface area contributed by atoms with Crippen molar-refractivity contribution in [2.75, 3.05) is 0 Å². The molecular formula is C16H18N2O. The Morgan fingerprint density at radius 3 is 2.84 bits per heavy atom. The lowest BCUT2D eigenvalue weighted by molar-refractivity contribution is 0.0930. The molecule has 1 amide bonds. The van der Waals surface area contributed by atoms with Crippen LogP contribution in [0.4, 0.5) is 0 Å². The van der Waals surface area contributed by atoms with Crippen LogP contribution in [-0.4, -0.2) is 16.9 Å². The zero-order valence-corrected chi connectivity index (χ0v) is 10.9. The first-order valence-electron chi connectivity index (χ1n) is 6.77. The number of carbonyl (C=O) groups is 1. The number of fused-ring (bicyclic) bond motifs is 1. The van der Waals surface area contributed by atoms with Gasteiger partial charge >= 0.3 is 0 Å². The minimum Gasteiger partial charge on any atom is -0.361 e. The number of aromatic nitrogens is 1. The minimum absolute atomic E-state index is 0.0283.